The number of rotatable bonds is 3. The minimum Gasteiger partial charge on any atom is -0.494 e. The van der Waals surface area contributed by atoms with E-state index < -0.39 is 5.82 Å². The number of benzene rings is 1. The van der Waals surface area contributed by atoms with E-state index in [2.05, 4.69) is 4.98 Å². The van der Waals surface area contributed by atoms with Crippen LogP contribution in [0.5, 0.6) is 5.75 Å². The number of hydrogen-bond donors (Lipinski definition) is 0. The van der Waals surface area contributed by atoms with Gasteiger partial charge in [-0.25, -0.2) is 4.39 Å². The molecule has 0 saturated carbocycles. The van der Waals surface area contributed by atoms with Gasteiger partial charge in [0.1, 0.15) is 0 Å². The van der Waals surface area contributed by atoms with Gasteiger partial charge in [0.2, 0.25) is 0 Å². The van der Waals surface area contributed by atoms with Crippen molar-refractivity contribution in [1.82, 2.24) is 9.88 Å². The van der Waals surface area contributed by atoms with Gasteiger partial charge in [-0.05, 0) is 48.7 Å². The lowest BCUT2D eigenvalue weighted by molar-refractivity contribution is 0.0680. The van der Waals surface area contributed by atoms with Crippen molar-refractivity contribution in [3.05, 3.63) is 59.7 Å². The van der Waals surface area contributed by atoms with Crippen LogP contribution in [0.3, 0.4) is 0 Å². The van der Waals surface area contributed by atoms with Gasteiger partial charge in [-0.3, -0.25) is 9.78 Å². The fourth-order valence-corrected chi connectivity index (χ4v) is 3.25. The third-order valence-electron chi connectivity index (χ3n) is 4.50. The van der Waals surface area contributed by atoms with Crippen molar-refractivity contribution in [2.75, 3.05) is 13.7 Å². The van der Waals surface area contributed by atoms with Crippen LogP contribution in [-0.4, -0.2) is 29.4 Å². The lowest BCUT2D eigenvalue weighted by Crippen LogP contribution is -2.34. The molecule has 24 heavy (non-hydrogen) atoms. The molecule has 2 heterocycles. The molecule has 0 bridgehead atoms. The minimum atomic E-state index is -0.515. The SMILES string of the molecule is COc1ccc(C(=O)N2CCCCCC2c2ccncc2)cc1F. The quantitative estimate of drug-likeness (QED) is 0.855. The summed E-state index contributed by atoms with van der Waals surface area (Å²) in [4.78, 5) is 18.9. The second-order valence-corrected chi connectivity index (χ2v) is 5.99. The molecule has 1 aromatic carbocycles. The van der Waals surface area contributed by atoms with Crippen molar-refractivity contribution < 1.29 is 13.9 Å². The zero-order valence-corrected chi connectivity index (χ0v) is 13.7. The van der Waals surface area contributed by atoms with Crippen LogP contribution in [0.1, 0.15) is 47.6 Å². The average molecular weight is 328 g/mol. The van der Waals surface area contributed by atoms with Crippen molar-refractivity contribution in [1.29, 1.82) is 0 Å². The van der Waals surface area contributed by atoms with Gasteiger partial charge in [0.15, 0.2) is 11.6 Å². The first-order valence-corrected chi connectivity index (χ1v) is 8.25. The Labute approximate surface area is 141 Å². The molecule has 1 aliphatic rings. The molecule has 2 aromatic rings. The van der Waals surface area contributed by atoms with Crippen LogP contribution in [0.2, 0.25) is 0 Å². The Morgan fingerprint density at radius 2 is 2.00 bits per heavy atom. The second kappa shape index (κ2) is 7.43. The molecule has 0 aliphatic carbocycles. The minimum absolute atomic E-state index is 0.00756. The summed E-state index contributed by atoms with van der Waals surface area (Å²) in [5.74, 6) is -0.507. The van der Waals surface area contributed by atoms with Crippen molar-refractivity contribution in [2.45, 2.75) is 31.7 Å². The Kier molecular flexibility index (Phi) is 5.08. The summed E-state index contributed by atoms with van der Waals surface area (Å²) >= 11 is 0. The molecule has 1 fully saturated rings. The first-order valence-electron chi connectivity index (χ1n) is 8.25. The average Bonchev–Trinajstić information content (AvgIpc) is 2.87. The van der Waals surface area contributed by atoms with E-state index in [0.717, 1.165) is 31.2 Å². The molecule has 0 spiro atoms. The van der Waals surface area contributed by atoms with Gasteiger partial charge >= 0.3 is 0 Å². The highest BCUT2D eigenvalue weighted by Crippen LogP contribution is 2.31. The lowest BCUT2D eigenvalue weighted by atomic mass is 10.0. The van der Waals surface area contributed by atoms with Gasteiger partial charge in [0.25, 0.3) is 5.91 Å². The molecule has 0 N–H and O–H groups in total. The van der Waals surface area contributed by atoms with Gasteiger partial charge in [-0.15, -0.1) is 0 Å². The normalized spacial score (nSPS) is 18.1. The number of aromatic nitrogens is 1. The summed E-state index contributed by atoms with van der Waals surface area (Å²) in [6.07, 6.45) is 7.54. The highest BCUT2D eigenvalue weighted by atomic mass is 19.1. The topological polar surface area (TPSA) is 42.4 Å². The summed E-state index contributed by atoms with van der Waals surface area (Å²) in [5.41, 5.74) is 1.43. The number of nitrogens with zero attached hydrogens (tertiary/aromatic N) is 2. The Balaban J connectivity index is 1.91. The Hall–Kier alpha value is -2.43. The van der Waals surface area contributed by atoms with Gasteiger partial charge in [0, 0.05) is 24.5 Å². The van der Waals surface area contributed by atoms with Crippen LogP contribution in [0.4, 0.5) is 4.39 Å². The van der Waals surface area contributed by atoms with Crippen LogP contribution in [-0.2, 0) is 0 Å². The molecule has 1 atom stereocenters. The summed E-state index contributed by atoms with van der Waals surface area (Å²) < 4.78 is 18.9. The number of methoxy groups -OCH3 is 1. The van der Waals surface area contributed by atoms with Crippen molar-refractivity contribution >= 4 is 5.91 Å². The lowest BCUT2D eigenvalue weighted by Gasteiger charge is -2.30. The second-order valence-electron chi connectivity index (χ2n) is 5.99. The van der Waals surface area contributed by atoms with E-state index in [4.69, 9.17) is 4.74 Å². The zero-order chi connectivity index (χ0) is 16.9. The molecule has 4 nitrogen and oxygen atoms in total. The first-order chi connectivity index (χ1) is 11.7. The predicted molar refractivity (Wildman–Crippen MR) is 89.4 cm³/mol. The number of carbonyl (C=O) groups is 1. The maximum atomic E-state index is 14.0. The van der Waals surface area contributed by atoms with E-state index in [1.807, 2.05) is 17.0 Å². The molecular weight excluding hydrogens is 307 g/mol. The van der Waals surface area contributed by atoms with E-state index in [0.29, 0.717) is 12.1 Å². The summed E-state index contributed by atoms with van der Waals surface area (Å²) in [6, 6.07) is 8.29. The molecule has 5 heteroatoms. The van der Waals surface area contributed by atoms with E-state index in [1.165, 1.54) is 19.2 Å². The molecule has 1 unspecified atom stereocenters. The van der Waals surface area contributed by atoms with Crippen LogP contribution >= 0.6 is 0 Å². The fraction of sp³-hybridized carbons (Fsp3) is 0.368. The fourth-order valence-electron chi connectivity index (χ4n) is 3.25. The third-order valence-corrected chi connectivity index (χ3v) is 4.50. The molecule has 126 valence electrons. The van der Waals surface area contributed by atoms with E-state index in [9.17, 15) is 9.18 Å². The van der Waals surface area contributed by atoms with E-state index >= 15 is 0 Å². The summed E-state index contributed by atoms with van der Waals surface area (Å²) in [5, 5.41) is 0. The Morgan fingerprint density at radius 3 is 2.71 bits per heavy atom. The predicted octanol–water partition coefficient (Wildman–Crippen LogP) is 3.99. The first kappa shape index (κ1) is 16.4. The van der Waals surface area contributed by atoms with Crippen LogP contribution in [0.25, 0.3) is 0 Å². The maximum Gasteiger partial charge on any atom is 0.254 e. The van der Waals surface area contributed by atoms with Gasteiger partial charge in [0.05, 0.1) is 13.2 Å². The number of carbonyl (C=O) groups excluding carboxylic acids is 1. The largest absolute Gasteiger partial charge is 0.494 e. The number of ether oxygens (including phenoxy) is 1. The van der Waals surface area contributed by atoms with Crippen molar-refractivity contribution in [3.8, 4) is 5.75 Å². The number of halogens is 1. The van der Waals surface area contributed by atoms with Gasteiger partial charge in [-0.2, -0.15) is 0 Å². The standard InChI is InChI=1S/C19H21FN2O2/c1-24-18-7-6-15(13-16(18)20)19(23)22-12-4-2-3-5-17(22)14-8-10-21-11-9-14/h6-11,13,17H,2-5,12H2,1H3. The third kappa shape index (κ3) is 3.40. The van der Waals surface area contributed by atoms with Gasteiger partial charge < -0.3 is 9.64 Å². The Bertz CT molecular complexity index is 706. The maximum absolute atomic E-state index is 14.0. The van der Waals surface area contributed by atoms with Crippen LogP contribution < -0.4 is 4.74 Å². The molecule has 1 aromatic heterocycles. The number of likely N-dealkylation sites (tertiary alicyclic amines) is 1. The van der Waals surface area contributed by atoms with Crippen LogP contribution in [0, 0.1) is 5.82 Å². The molecule has 1 saturated heterocycles. The smallest absolute Gasteiger partial charge is 0.254 e. The summed E-state index contributed by atoms with van der Waals surface area (Å²) in [7, 11) is 1.41. The molecule has 3 rings (SSSR count). The highest BCUT2D eigenvalue weighted by Gasteiger charge is 2.28. The number of amides is 1. The van der Waals surface area contributed by atoms with E-state index in [1.54, 1.807) is 18.5 Å². The Morgan fingerprint density at radius 1 is 1.21 bits per heavy atom. The van der Waals surface area contributed by atoms with Crippen molar-refractivity contribution in [3.63, 3.8) is 0 Å². The van der Waals surface area contributed by atoms with Crippen LogP contribution in [0.15, 0.2) is 42.7 Å². The highest BCUT2D eigenvalue weighted by molar-refractivity contribution is 5.94. The van der Waals surface area contributed by atoms with Gasteiger partial charge in [-0.1, -0.05) is 12.8 Å². The van der Waals surface area contributed by atoms with Crippen molar-refractivity contribution in [2.24, 2.45) is 0 Å². The number of hydrogen-bond acceptors (Lipinski definition) is 3. The van der Waals surface area contributed by atoms with E-state index in [-0.39, 0.29) is 17.7 Å². The summed E-state index contributed by atoms with van der Waals surface area (Å²) in [6.45, 7) is 0.680. The monoisotopic (exact) mass is 328 g/mol. The molecule has 0 radical (unpaired) electrons. The zero-order valence-electron chi connectivity index (χ0n) is 13.7. The molecular formula is C19H21FN2O2. The molecule has 1 aliphatic heterocycles. The molecule has 1 amide bonds. The number of pyridine rings is 1.